The maximum Gasteiger partial charge on any atom is 0.0800 e. The van der Waals surface area contributed by atoms with Crippen molar-refractivity contribution in [2.75, 3.05) is 0 Å². The fourth-order valence-electron chi connectivity index (χ4n) is 5.49. The number of aliphatic hydroxyl groups excluding tert-OH is 8. The van der Waals surface area contributed by atoms with E-state index in [0.29, 0.717) is 25.7 Å². The molecule has 8 N–H and O–H groups in total. The maximum atomic E-state index is 9.54. The monoisotopic (exact) mass is 1050 g/mol. The molecule has 20 heteroatoms. The van der Waals surface area contributed by atoms with Crippen LogP contribution in [0, 0.1) is 0 Å². The Labute approximate surface area is 363 Å². The van der Waals surface area contributed by atoms with Gasteiger partial charge in [-0.2, -0.15) is 20.4 Å². The average Bonchev–Trinajstić information content (AvgIpc) is 3.90. The number of halogens is 4. The highest BCUT2D eigenvalue weighted by Crippen LogP contribution is 2.23. The second kappa shape index (κ2) is 26.5. The molecule has 0 spiro atoms. The summed E-state index contributed by atoms with van der Waals surface area (Å²) in [5.41, 5.74) is 0. The van der Waals surface area contributed by atoms with Gasteiger partial charge in [-0.05, 0) is 145 Å². The maximum absolute atomic E-state index is 9.54. The predicted molar refractivity (Wildman–Crippen MR) is 228 cm³/mol. The fourth-order valence-corrected chi connectivity index (χ4v) is 6.69. The third-order valence-corrected chi connectivity index (χ3v) is 9.83. The van der Waals surface area contributed by atoms with Gasteiger partial charge in [-0.25, -0.2) is 0 Å². The lowest BCUT2D eigenvalue weighted by Gasteiger charge is -2.21. The molecule has 56 heavy (non-hydrogen) atoms. The van der Waals surface area contributed by atoms with Crippen LogP contribution in [0.1, 0.15) is 105 Å². The first-order valence-corrected chi connectivity index (χ1v) is 21.4. The Hall–Kier alpha value is -1.56. The Balaban J connectivity index is 0.000000373. The first kappa shape index (κ1) is 52.5. The van der Waals surface area contributed by atoms with Crippen molar-refractivity contribution in [1.82, 2.24) is 39.1 Å². The van der Waals surface area contributed by atoms with Gasteiger partial charge in [0, 0.05) is 24.8 Å². The zero-order chi connectivity index (χ0) is 42.9. The number of rotatable bonds is 16. The van der Waals surface area contributed by atoms with Crippen LogP contribution in [0.15, 0.2) is 67.5 Å². The van der Waals surface area contributed by atoms with Crippen molar-refractivity contribution in [3.63, 3.8) is 0 Å². The van der Waals surface area contributed by atoms with Gasteiger partial charge in [-0.1, -0.05) is 0 Å². The molecule has 0 saturated heterocycles. The second-order valence-corrected chi connectivity index (χ2v) is 17.8. The van der Waals surface area contributed by atoms with Crippen LogP contribution in [0.3, 0.4) is 0 Å². The zero-order valence-electron chi connectivity index (χ0n) is 33.0. The smallest absolute Gasteiger partial charge is 0.0800 e. The molecule has 0 fully saturated rings. The van der Waals surface area contributed by atoms with Crippen LogP contribution in [0.4, 0.5) is 0 Å². The van der Waals surface area contributed by atoms with E-state index in [0.717, 1.165) is 17.9 Å². The minimum Gasteiger partial charge on any atom is -0.393 e. The van der Waals surface area contributed by atoms with Crippen LogP contribution in [-0.4, -0.2) is 129 Å². The first-order valence-electron chi connectivity index (χ1n) is 18.2. The van der Waals surface area contributed by atoms with Crippen molar-refractivity contribution < 1.29 is 40.9 Å². The lowest BCUT2D eigenvalue weighted by Crippen LogP contribution is -2.25. The van der Waals surface area contributed by atoms with E-state index in [9.17, 15) is 40.9 Å². The molecule has 4 aromatic heterocycles. The molecule has 4 aromatic rings. The van der Waals surface area contributed by atoms with Crippen molar-refractivity contribution >= 4 is 63.7 Å². The molecule has 0 radical (unpaired) electrons. The third kappa shape index (κ3) is 20.4. The van der Waals surface area contributed by atoms with Crippen LogP contribution in [0.5, 0.6) is 0 Å². The van der Waals surface area contributed by atoms with Crippen molar-refractivity contribution in [3.8, 4) is 0 Å². The molecule has 320 valence electrons. The molecular formula is C36H60Br4N8O8. The molecule has 0 aliphatic carbocycles. The van der Waals surface area contributed by atoms with Crippen LogP contribution in [0.2, 0.25) is 0 Å². The Bertz CT molecular complexity index is 1380. The highest BCUT2D eigenvalue weighted by atomic mass is 79.9. The molecule has 0 saturated carbocycles. The van der Waals surface area contributed by atoms with Gasteiger partial charge in [0.25, 0.3) is 0 Å². The van der Waals surface area contributed by atoms with Gasteiger partial charge in [0.05, 0.1) is 116 Å². The van der Waals surface area contributed by atoms with Gasteiger partial charge in [-0.15, -0.1) is 0 Å². The van der Waals surface area contributed by atoms with Gasteiger partial charge >= 0.3 is 0 Å². The van der Waals surface area contributed by atoms with Crippen molar-refractivity contribution in [2.45, 2.75) is 154 Å². The van der Waals surface area contributed by atoms with Crippen molar-refractivity contribution in [3.05, 3.63) is 67.5 Å². The van der Waals surface area contributed by atoms with Gasteiger partial charge in [0.15, 0.2) is 0 Å². The first-order chi connectivity index (χ1) is 26.0. The Kier molecular flexibility index (Phi) is 24.8. The highest BCUT2D eigenvalue weighted by molar-refractivity contribution is 9.11. The highest BCUT2D eigenvalue weighted by Gasteiger charge is 2.22. The van der Waals surface area contributed by atoms with E-state index >= 15 is 0 Å². The summed E-state index contributed by atoms with van der Waals surface area (Å²) in [5.74, 6) is 0. The summed E-state index contributed by atoms with van der Waals surface area (Å²) >= 11 is 13.2. The summed E-state index contributed by atoms with van der Waals surface area (Å²) in [6.45, 7) is 13.6. The quantitative estimate of drug-likeness (QED) is 0.0710. The van der Waals surface area contributed by atoms with E-state index in [1.165, 1.54) is 0 Å². The van der Waals surface area contributed by atoms with Crippen molar-refractivity contribution in [1.29, 1.82) is 0 Å². The summed E-state index contributed by atoms with van der Waals surface area (Å²) in [7, 11) is 0. The Morgan fingerprint density at radius 3 is 0.625 bits per heavy atom. The molecule has 4 heterocycles. The van der Waals surface area contributed by atoms with E-state index in [1.54, 1.807) is 124 Å². The van der Waals surface area contributed by atoms with Crippen LogP contribution in [-0.2, 0) is 0 Å². The van der Waals surface area contributed by atoms with E-state index in [4.69, 9.17) is 0 Å². The normalized spacial score (nSPS) is 17.8. The second-order valence-electron chi connectivity index (χ2n) is 14.1. The summed E-state index contributed by atoms with van der Waals surface area (Å²) < 4.78 is 10.1. The number of hydrogen-bond acceptors (Lipinski definition) is 12. The fraction of sp³-hybridized carbons (Fsp3) is 0.667. The number of nitrogens with zero attached hydrogens (tertiary/aromatic N) is 8. The Morgan fingerprint density at radius 2 is 0.536 bits per heavy atom. The number of aromatic nitrogens is 8. The molecule has 0 amide bonds. The summed E-state index contributed by atoms with van der Waals surface area (Å²) in [6.07, 6.45) is 11.9. The van der Waals surface area contributed by atoms with Gasteiger partial charge in [-0.3, -0.25) is 18.7 Å². The lowest BCUT2D eigenvalue weighted by molar-refractivity contribution is 0.0779. The van der Waals surface area contributed by atoms with E-state index < -0.39 is 48.8 Å². The molecule has 12 atom stereocenters. The van der Waals surface area contributed by atoms with Crippen LogP contribution >= 0.6 is 63.7 Å². The predicted octanol–water partition coefficient (Wildman–Crippen LogP) is 5.35. The number of aliphatic hydroxyl groups is 8. The van der Waals surface area contributed by atoms with E-state index in [1.807, 2.05) is 0 Å². The van der Waals surface area contributed by atoms with E-state index in [2.05, 4.69) is 84.1 Å². The summed E-state index contributed by atoms with van der Waals surface area (Å²) in [6, 6.07) is -0.717. The number of hydrogen-bond donors (Lipinski definition) is 8. The standard InChI is InChI=1S/4C9H15BrN2O2/c4*1-6(13)3-9(7(2)14)12-5-8(10)4-11-12/h4*4-7,9,13-14H,3H2,1-2H3/t6-,7+,9+;6-,7+,9-;6-,7-,9+;6-,7-,9-/m0000/s1. The van der Waals surface area contributed by atoms with Gasteiger partial charge < -0.3 is 40.9 Å². The zero-order valence-corrected chi connectivity index (χ0v) is 39.4. The molecule has 4 rings (SSSR count). The summed E-state index contributed by atoms with van der Waals surface area (Å²) in [5, 5.41) is 91.6. The molecule has 16 nitrogen and oxygen atoms in total. The largest absolute Gasteiger partial charge is 0.393 e. The molecule has 0 aliphatic rings. The molecule has 0 aliphatic heterocycles. The molecule has 0 bridgehead atoms. The van der Waals surface area contributed by atoms with Crippen molar-refractivity contribution in [2.24, 2.45) is 0 Å². The van der Waals surface area contributed by atoms with Gasteiger partial charge in [0.1, 0.15) is 0 Å². The van der Waals surface area contributed by atoms with Crippen LogP contribution in [0.25, 0.3) is 0 Å². The summed E-state index contributed by atoms with van der Waals surface area (Å²) in [4.78, 5) is 0. The minimum absolute atomic E-state index is 0.179. The third-order valence-electron chi connectivity index (χ3n) is 8.20. The van der Waals surface area contributed by atoms with E-state index in [-0.39, 0.29) is 24.2 Å². The molecule has 0 unspecified atom stereocenters. The topological polar surface area (TPSA) is 233 Å². The average molecular weight is 1050 g/mol. The SMILES string of the molecule is C[C@H](O)C[C@@H]([C@@H](C)O)n1cc(Br)cn1.C[C@H](O)C[C@@H]([C@H](C)O)n1cc(Br)cn1.C[C@H](O)C[C@H]([C@@H](C)O)n1cc(Br)cn1.C[C@H](O)C[C@H]([C@H](C)O)n1cc(Br)cn1. The van der Waals surface area contributed by atoms with Crippen LogP contribution < -0.4 is 0 Å². The lowest BCUT2D eigenvalue weighted by atomic mass is 10.1. The van der Waals surface area contributed by atoms with Gasteiger partial charge in [0.2, 0.25) is 0 Å². The minimum atomic E-state index is -0.531. The Morgan fingerprint density at radius 1 is 0.375 bits per heavy atom. The molecular weight excluding hydrogens is 992 g/mol. The molecule has 0 aromatic carbocycles.